The fraction of sp³-hybridized carbons (Fsp3) is 0.562. The van der Waals surface area contributed by atoms with Gasteiger partial charge in [0.1, 0.15) is 0 Å². The predicted octanol–water partition coefficient (Wildman–Crippen LogP) is 3.29. The standard InChI is InChI=1S/C16H22N2O3/c1-12-4-3-5-15(10-12)17(2)11-16(19)13-6-8-14(9-7-13)18(20)21/h6-9,12,15H,3-5,10-11H2,1-2H3. The fourth-order valence-corrected chi connectivity index (χ4v) is 3.02. The molecule has 1 aliphatic rings. The minimum atomic E-state index is -0.455. The van der Waals surface area contributed by atoms with Gasteiger partial charge in [0.05, 0.1) is 11.5 Å². The van der Waals surface area contributed by atoms with Crippen molar-refractivity contribution in [2.75, 3.05) is 13.6 Å². The predicted molar refractivity (Wildman–Crippen MR) is 81.5 cm³/mol. The van der Waals surface area contributed by atoms with E-state index in [0.717, 1.165) is 18.8 Å². The Labute approximate surface area is 125 Å². The molecule has 2 atom stereocenters. The molecule has 0 N–H and O–H groups in total. The maximum absolute atomic E-state index is 12.2. The Morgan fingerprint density at radius 2 is 2.00 bits per heavy atom. The van der Waals surface area contributed by atoms with Crippen LogP contribution in [0.3, 0.4) is 0 Å². The lowest BCUT2D eigenvalue weighted by Crippen LogP contribution is -2.38. The fourth-order valence-electron chi connectivity index (χ4n) is 3.02. The van der Waals surface area contributed by atoms with Crippen molar-refractivity contribution in [1.29, 1.82) is 0 Å². The molecule has 114 valence electrons. The van der Waals surface area contributed by atoms with E-state index >= 15 is 0 Å². The molecule has 2 rings (SSSR count). The van der Waals surface area contributed by atoms with Crippen molar-refractivity contribution in [3.8, 4) is 0 Å². The number of carbonyl (C=O) groups excluding carboxylic acids is 1. The highest BCUT2D eigenvalue weighted by Gasteiger charge is 2.24. The molecule has 1 aromatic rings. The summed E-state index contributed by atoms with van der Waals surface area (Å²) in [6.07, 6.45) is 4.79. The third-order valence-electron chi connectivity index (χ3n) is 4.33. The van der Waals surface area contributed by atoms with Gasteiger partial charge in [-0.1, -0.05) is 19.8 Å². The number of hydrogen-bond acceptors (Lipinski definition) is 4. The summed E-state index contributed by atoms with van der Waals surface area (Å²) < 4.78 is 0. The van der Waals surface area contributed by atoms with E-state index in [9.17, 15) is 14.9 Å². The normalized spacial score (nSPS) is 22.2. The molecule has 2 unspecified atom stereocenters. The number of nitro groups is 1. The third kappa shape index (κ3) is 4.11. The average Bonchev–Trinajstić information content (AvgIpc) is 2.47. The Morgan fingerprint density at radius 1 is 1.33 bits per heavy atom. The van der Waals surface area contributed by atoms with Crippen LogP contribution in [0.15, 0.2) is 24.3 Å². The largest absolute Gasteiger partial charge is 0.296 e. The summed E-state index contributed by atoms with van der Waals surface area (Å²) in [6, 6.07) is 6.32. The maximum Gasteiger partial charge on any atom is 0.269 e. The van der Waals surface area contributed by atoms with Gasteiger partial charge in [0, 0.05) is 23.7 Å². The first-order valence-corrected chi connectivity index (χ1v) is 7.45. The van der Waals surface area contributed by atoms with Gasteiger partial charge in [-0.2, -0.15) is 0 Å². The zero-order valence-electron chi connectivity index (χ0n) is 12.6. The van der Waals surface area contributed by atoms with E-state index < -0.39 is 4.92 Å². The number of nitro benzene ring substituents is 1. The number of Topliss-reactive ketones (excluding diaryl/α,β-unsaturated/α-hetero) is 1. The molecule has 5 heteroatoms. The lowest BCUT2D eigenvalue weighted by molar-refractivity contribution is -0.384. The van der Waals surface area contributed by atoms with Crippen LogP contribution in [0.2, 0.25) is 0 Å². The molecular weight excluding hydrogens is 268 g/mol. The van der Waals surface area contributed by atoms with Crippen molar-refractivity contribution in [3.05, 3.63) is 39.9 Å². The van der Waals surface area contributed by atoms with Crippen LogP contribution in [-0.4, -0.2) is 35.2 Å². The Balaban J connectivity index is 1.95. The van der Waals surface area contributed by atoms with Crippen LogP contribution in [0.25, 0.3) is 0 Å². The topological polar surface area (TPSA) is 63.5 Å². The molecule has 0 amide bonds. The lowest BCUT2D eigenvalue weighted by Gasteiger charge is -2.33. The summed E-state index contributed by atoms with van der Waals surface area (Å²) >= 11 is 0. The van der Waals surface area contributed by atoms with Crippen LogP contribution in [0.5, 0.6) is 0 Å². The van der Waals surface area contributed by atoms with Crippen LogP contribution in [0.4, 0.5) is 5.69 Å². The van der Waals surface area contributed by atoms with Crippen LogP contribution in [0, 0.1) is 16.0 Å². The minimum Gasteiger partial charge on any atom is -0.296 e. The van der Waals surface area contributed by atoms with Crippen molar-refractivity contribution in [3.63, 3.8) is 0 Å². The molecule has 0 aliphatic heterocycles. The van der Waals surface area contributed by atoms with Gasteiger partial charge < -0.3 is 0 Å². The number of hydrogen-bond donors (Lipinski definition) is 0. The zero-order valence-corrected chi connectivity index (χ0v) is 12.6. The molecule has 0 bridgehead atoms. The van der Waals surface area contributed by atoms with Crippen molar-refractivity contribution in [1.82, 2.24) is 4.90 Å². The first kappa shape index (κ1) is 15.6. The summed E-state index contributed by atoms with van der Waals surface area (Å²) in [5, 5.41) is 10.6. The first-order chi connectivity index (χ1) is 9.97. The summed E-state index contributed by atoms with van der Waals surface area (Å²) in [5.41, 5.74) is 0.553. The van der Waals surface area contributed by atoms with E-state index in [4.69, 9.17) is 0 Å². The Hall–Kier alpha value is -1.75. The Kier molecular flexibility index (Phi) is 5.07. The van der Waals surface area contributed by atoms with Gasteiger partial charge in [0.2, 0.25) is 0 Å². The SMILES string of the molecule is CC1CCCC(N(C)CC(=O)c2ccc([N+](=O)[O-])cc2)C1. The van der Waals surface area contributed by atoms with E-state index in [1.54, 1.807) is 0 Å². The number of non-ortho nitro benzene ring substituents is 1. The number of likely N-dealkylation sites (N-methyl/N-ethyl adjacent to an activating group) is 1. The van der Waals surface area contributed by atoms with Crippen molar-refractivity contribution in [2.45, 2.75) is 38.6 Å². The number of nitrogens with zero attached hydrogens (tertiary/aromatic N) is 2. The van der Waals surface area contributed by atoms with E-state index in [2.05, 4.69) is 11.8 Å². The smallest absolute Gasteiger partial charge is 0.269 e. The van der Waals surface area contributed by atoms with Gasteiger partial charge in [0.25, 0.3) is 5.69 Å². The molecule has 5 nitrogen and oxygen atoms in total. The van der Waals surface area contributed by atoms with E-state index in [1.165, 1.54) is 37.1 Å². The van der Waals surface area contributed by atoms with Crippen LogP contribution >= 0.6 is 0 Å². The third-order valence-corrected chi connectivity index (χ3v) is 4.33. The van der Waals surface area contributed by atoms with E-state index in [-0.39, 0.29) is 11.5 Å². The summed E-state index contributed by atoms with van der Waals surface area (Å²) in [4.78, 5) is 24.5. The van der Waals surface area contributed by atoms with Crippen LogP contribution in [-0.2, 0) is 0 Å². The molecule has 1 saturated carbocycles. The first-order valence-electron chi connectivity index (χ1n) is 7.45. The highest BCUT2D eigenvalue weighted by molar-refractivity contribution is 5.97. The van der Waals surface area contributed by atoms with Gasteiger partial charge in [0.15, 0.2) is 5.78 Å². The van der Waals surface area contributed by atoms with Gasteiger partial charge in [-0.25, -0.2) is 0 Å². The van der Waals surface area contributed by atoms with E-state index in [0.29, 0.717) is 18.2 Å². The van der Waals surface area contributed by atoms with E-state index in [1.807, 2.05) is 7.05 Å². The molecule has 0 heterocycles. The Bertz CT molecular complexity index is 513. The molecule has 0 aromatic heterocycles. The van der Waals surface area contributed by atoms with Gasteiger partial charge in [-0.3, -0.25) is 19.8 Å². The summed E-state index contributed by atoms with van der Waals surface area (Å²) in [6.45, 7) is 2.63. The molecule has 21 heavy (non-hydrogen) atoms. The molecule has 0 saturated heterocycles. The monoisotopic (exact) mass is 290 g/mol. The maximum atomic E-state index is 12.2. The second-order valence-corrected chi connectivity index (χ2v) is 6.07. The van der Waals surface area contributed by atoms with Gasteiger partial charge in [-0.15, -0.1) is 0 Å². The number of carbonyl (C=O) groups is 1. The molecule has 1 aromatic carbocycles. The Morgan fingerprint density at radius 3 is 2.57 bits per heavy atom. The minimum absolute atomic E-state index is 0.0148. The van der Waals surface area contributed by atoms with Crippen molar-refractivity contribution < 1.29 is 9.72 Å². The molecule has 1 fully saturated rings. The highest BCUT2D eigenvalue weighted by atomic mass is 16.6. The summed E-state index contributed by atoms with van der Waals surface area (Å²) in [5.74, 6) is 0.742. The number of benzene rings is 1. The number of ketones is 1. The molecule has 0 spiro atoms. The van der Waals surface area contributed by atoms with Gasteiger partial charge >= 0.3 is 0 Å². The molecular formula is C16H22N2O3. The van der Waals surface area contributed by atoms with Crippen molar-refractivity contribution >= 4 is 11.5 Å². The quantitative estimate of drug-likeness (QED) is 0.474. The second kappa shape index (κ2) is 6.80. The van der Waals surface area contributed by atoms with Gasteiger partial charge in [-0.05, 0) is 37.9 Å². The highest BCUT2D eigenvalue weighted by Crippen LogP contribution is 2.26. The average molecular weight is 290 g/mol. The van der Waals surface area contributed by atoms with Crippen LogP contribution in [0.1, 0.15) is 43.0 Å². The van der Waals surface area contributed by atoms with Crippen LogP contribution < -0.4 is 0 Å². The number of rotatable bonds is 5. The summed E-state index contributed by atoms with van der Waals surface area (Å²) in [7, 11) is 1.99. The molecule has 0 radical (unpaired) electrons. The zero-order chi connectivity index (χ0) is 15.4. The lowest BCUT2D eigenvalue weighted by atomic mass is 9.86. The second-order valence-electron chi connectivity index (χ2n) is 6.07. The van der Waals surface area contributed by atoms with Crippen molar-refractivity contribution in [2.24, 2.45) is 5.92 Å². The molecule has 1 aliphatic carbocycles.